The maximum atomic E-state index is 12.8. The number of aromatic nitrogens is 1. The van der Waals surface area contributed by atoms with Gasteiger partial charge < -0.3 is 4.74 Å². The molecule has 1 heterocycles. The zero-order valence-electron chi connectivity index (χ0n) is 9.53. The van der Waals surface area contributed by atoms with Crippen LogP contribution < -0.4 is 4.74 Å². The molecule has 18 heavy (non-hydrogen) atoms. The van der Waals surface area contributed by atoms with Crippen molar-refractivity contribution in [2.45, 2.75) is 6.18 Å². The fourth-order valence-electron chi connectivity index (χ4n) is 1.61. The van der Waals surface area contributed by atoms with Crippen LogP contribution >= 0.6 is 0 Å². The van der Waals surface area contributed by atoms with Crippen molar-refractivity contribution in [1.29, 1.82) is 0 Å². The minimum Gasteiger partial charge on any atom is -0.497 e. The van der Waals surface area contributed by atoms with Crippen LogP contribution in [0.4, 0.5) is 13.2 Å². The summed E-state index contributed by atoms with van der Waals surface area (Å²) in [6, 6.07) is 8.60. The smallest absolute Gasteiger partial charge is 0.418 e. The van der Waals surface area contributed by atoms with E-state index in [1.165, 1.54) is 19.4 Å². The van der Waals surface area contributed by atoms with Crippen LogP contribution in [0.3, 0.4) is 0 Å². The highest BCUT2D eigenvalue weighted by Crippen LogP contribution is 2.35. The first kappa shape index (κ1) is 12.4. The topological polar surface area (TPSA) is 22.1 Å². The van der Waals surface area contributed by atoms with Crippen LogP contribution in [0.25, 0.3) is 11.3 Å². The Kier molecular flexibility index (Phi) is 3.23. The van der Waals surface area contributed by atoms with Gasteiger partial charge in [-0.15, -0.1) is 0 Å². The summed E-state index contributed by atoms with van der Waals surface area (Å²) < 4.78 is 43.4. The van der Waals surface area contributed by atoms with Crippen LogP contribution in [0.15, 0.2) is 42.6 Å². The van der Waals surface area contributed by atoms with Crippen molar-refractivity contribution in [2.75, 3.05) is 7.11 Å². The van der Waals surface area contributed by atoms with Crippen molar-refractivity contribution >= 4 is 0 Å². The van der Waals surface area contributed by atoms with Gasteiger partial charge in [0.25, 0.3) is 0 Å². The average molecular weight is 253 g/mol. The molecule has 0 amide bonds. The molecule has 0 radical (unpaired) electrons. The molecule has 2 aromatic rings. The Labute approximate surface area is 102 Å². The number of benzene rings is 1. The minimum absolute atomic E-state index is 0.0762. The Morgan fingerprint density at radius 3 is 2.28 bits per heavy atom. The lowest BCUT2D eigenvalue weighted by atomic mass is 10.1. The number of alkyl halides is 3. The molecular formula is C13H10F3NO. The largest absolute Gasteiger partial charge is 0.497 e. The molecule has 1 aromatic heterocycles. The van der Waals surface area contributed by atoms with Crippen LogP contribution in [-0.4, -0.2) is 12.1 Å². The molecule has 2 nitrogen and oxygen atoms in total. The van der Waals surface area contributed by atoms with E-state index in [-0.39, 0.29) is 5.69 Å². The van der Waals surface area contributed by atoms with E-state index in [1.807, 2.05) is 0 Å². The molecular weight excluding hydrogens is 243 g/mol. The van der Waals surface area contributed by atoms with Crippen LogP contribution in [0.2, 0.25) is 0 Å². The molecule has 0 atom stereocenters. The molecule has 0 spiro atoms. The van der Waals surface area contributed by atoms with Gasteiger partial charge in [-0.1, -0.05) is 0 Å². The van der Waals surface area contributed by atoms with Gasteiger partial charge in [0.2, 0.25) is 0 Å². The molecule has 0 N–H and O–H groups in total. The summed E-state index contributed by atoms with van der Waals surface area (Å²) in [5.74, 6) is 0.586. The van der Waals surface area contributed by atoms with Crippen LogP contribution in [0, 0.1) is 0 Å². The van der Waals surface area contributed by atoms with Gasteiger partial charge in [-0.3, -0.25) is 4.98 Å². The number of hydrogen-bond donors (Lipinski definition) is 0. The number of ether oxygens (including phenoxy) is 1. The summed E-state index contributed by atoms with van der Waals surface area (Å²) >= 11 is 0. The second-order valence-electron chi connectivity index (χ2n) is 3.63. The number of methoxy groups -OCH3 is 1. The molecule has 1 aromatic carbocycles. The Balaban J connectivity index is 2.50. The fourth-order valence-corrected chi connectivity index (χ4v) is 1.61. The third-order valence-corrected chi connectivity index (χ3v) is 2.48. The molecule has 5 heteroatoms. The van der Waals surface area contributed by atoms with Crippen LogP contribution in [0.5, 0.6) is 5.75 Å². The molecule has 0 fully saturated rings. The SMILES string of the molecule is COc1ccc(-c2ncccc2C(F)(F)F)cc1. The molecule has 0 saturated carbocycles. The van der Waals surface area contributed by atoms with Gasteiger partial charge in [-0.25, -0.2) is 0 Å². The van der Waals surface area contributed by atoms with E-state index >= 15 is 0 Å². The summed E-state index contributed by atoms with van der Waals surface area (Å²) in [6.07, 6.45) is -3.07. The van der Waals surface area contributed by atoms with E-state index in [0.29, 0.717) is 11.3 Å². The third-order valence-electron chi connectivity index (χ3n) is 2.48. The number of nitrogens with zero attached hydrogens (tertiary/aromatic N) is 1. The average Bonchev–Trinajstić information content (AvgIpc) is 2.38. The maximum Gasteiger partial charge on any atom is 0.418 e. The molecule has 0 aliphatic heterocycles. The van der Waals surface area contributed by atoms with E-state index in [0.717, 1.165) is 6.07 Å². The van der Waals surface area contributed by atoms with Crippen molar-refractivity contribution < 1.29 is 17.9 Å². The number of pyridine rings is 1. The normalized spacial score (nSPS) is 11.3. The van der Waals surface area contributed by atoms with Crippen molar-refractivity contribution in [2.24, 2.45) is 0 Å². The molecule has 0 aliphatic rings. The van der Waals surface area contributed by atoms with Crippen molar-refractivity contribution in [1.82, 2.24) is 4.98 Å². The van der Waals surface area contributed by atoms with Crippen molar-refractivity contribution in [3.8, 4) is 17.0 Å². The maximum absolute atomic E-state index is 12.8. The summed E-state index contributed by atoms with van der Waals surface area (Å²) in [5, 5.41) is 0. The monoisotopic (exact) mass is 253 g/mol. The van der Waals surface area contributed by atoms with Gasteiger partial charge in [0.1, 0.15) is 5.75 Å². The number of rotatable bonds is 2. The molecule has 0 saturated heterocycles. The molecule has 0 bridgehead atoms. The summed E-state index contributed by atoms with van der Waals surface area (Å²) in [5.41, 5.74) is -0.411. The molecule has 0 aliphatic carbocycles. The molecule has 94 valence electrons. The van der Waals surface area contributed by atoms with Crippen LogP contribution in [0.1, 0.15) is 5.56 Å². The van der Waals surface area contributed by atoms with E-state index in [2.05, 4.69) is 4.98 Å². The van der Waals surface area contributed by atoms with E-state index in [4.69, 9.17) is 4.74 Å². The van der Waals surface area contributed by atoms with Gasteiger partial charge in [0, 0.05) is 11.8 Å². The van der Waals surface area contributed by atoms with Gasteiger partial charge in [0.05, 0.1) is 18.4 Å². The second-order valence-corrected chi connectivity index (χ2v) is 3.63. The highest BCUT2D eigenvalue weighted by atomic mass is 19.4. The summed E-state index contributed by atoms with van der Waals surface area (Å²) in [7, 11) is 1.50. The predicted molar refractivity (Wildman–Crippen MR) is 61.2 cm³/mol. The summed E-state index contributed by atoms with van der Waals surface area (Å²) in [6.45, 7) is 0. The highest BCUT2D eigenvalue weighted by molar-refractivity contribution is 5.64. The second kappa shape index (κ2) is 4.68. The highest BCUT2D eigenvalue weighted by Gasteiger charge is 2.34. The Bertz CT molecular complexity index is 535. The van der Waals surface area contributed by atoms with Gasteiger partial charge >= 0.3 is 6.18 Å². The first-order valence-corrected chi connectivity index (χ1v) is 5.19. The first-order valence-electron chi connectivity index (χ1n) is 5.19. The molecule has 0 unspecified atom stereocenters. The van der Waals surface area contributed by atoms with E-state index in [9.17, 15) is 13.2 Å². The Hall–Kier alpha value is -2.04. The lowest BCUT2D eigenvalue weighted by Crippen LogP contribution is -2.08. The van der Waals surface area contributed by atoms with Crippen LogP contribution in [-0.2, 0) is 6.18 Å². The lowest BCUT2D eigenvalue weighted by molar-refractivity contribution is -0.137. The quantitative estimate of drug-likeness (QED) is 0.812. The minimum atomic E-state index is -4.41. The van der Waals surface area contributed by atoms with Gasteiger partial charge in [-0.05, 0) is 36.4 Å². The lowest BCUT2D eigenvalue weighted by Gasteiger charge is -2.11. The third kappa shape index (κ3) is 2.45. The Morgan fingerprint density at radius 1 is 1.06 bits per heavy atom. The van der Waals surface area contributed by atoms with Gasteiger partial charge in [-0.2, -0.15) is 13.2 Å². The molecule has 2 rings (SSSR count). The van der Waals surface area contributed by atoms with Crippen molar-refractivity contribution in [3.63, 3.8) is 0 Å². The number of halogens is 3. The zero-order chi connectivity index (χ0) is 13.2. The zero-order valence-corrected chi connectivity index (χ0v) is 9.53. The standard InChI is InChI=1S/C13H10F3NO/c1-18-10-6-4-9(5-7-10)12-11(13(14,15)16)3-2-8-17-12/h2-8H,1H3. The first-order chi connectivity index (χ1) is 8.52. The van der Waals surface area contributed by atoms with Crippen molar-refractivity contribution in [3.05, 3.63) is 48.2 Å². The Morgan fingerprint density at radius 2 is 1.72 bits per heavy atom. The van der Waals surface area contributed by atoms with E-state index in [1.54, 1.807) is 24.3 Å². The summed E-state index contributed by atoms with van der Waals surface area (Å²) in [4.78, 5) is 3.81. The fraction of sp³-hybridized carbons (Fsp3) is 0.154. The predicted octanol–water partition coefficient (Wildman–Crippen LogP) is 3.78. The van der Waals surface area contributed by atoms with E-state index < -0.39 is 11.7 Å². The van der Waals surface area contributed by atoms with Gasteiger partial charge in [0.15, 0.2) is 0 Å². The number of hydrogen-bond acceptors (Lipinski definition) is 2.